The lowest BCUT2D eigenvalue weighted by Crippen LogP contribution is -2.48. The first-order valence-corrected chi connectivity index (χ1v) is 9.65. The molecule has 1 amide bonds. The van der Waals surface area contributed by atoms with Gasteiger partial charge in [-0.25, -0.2) is 9.37 Å². The molecule has 1 saturated heterocycles. The minimum atomic E-state index is -0.261. The Kier molecular flexibility index (Phi) is 5.53. The Morgan fingerprint density at radius 2 is 2.00 bits per heavy atom. The fourth-order valence-corrected chi connectivity index (χ4v) is 4.41. The molecule has 1 aliphatic heterocycles. The van der Waals surface area contributed by atoms with Gasteiger partial charge in [0, 0.05) is 24.0 Å². The van der Waals surface area contributed by atoms with Gasteiger partial charge in [0.1, 0.15) is 5.82 Å². The maximum absolute atomic E-state index is 13.0. The second-order valence-corrected chi connectivity index (χ2v) is 7.93. The second kappa shape index (κ2) is 7.63. The van der Waals surface area contributed by atoms with Crippen molar-refractivity contribution in [3.8, 4) is 11.3 Å². The van der Waals surface area contributed by atoms with Crippen LogP contribution in [0.15, 0.2) is 34.0 Å². The fraction of sp³-hybridized carbons (Fsp3) is 0.412. The first-order valence-electron chi connectivity index (χ1n) is 7.79. The highest BCUT2D eigenvalue weighted by Crippen LogP contribution is 2.28. The average Bonchev–Trinajstić information content (AvgIpc) is 3.01. The van der Waals surface area contributed by atoms with Crippen molar-refractivity contribution < 1.29 is 13.9 Å². The molecule has 7 heteroatoms. The standard InChI is InChI=1S/C17H19FN2O2S2/c1-11-7-20(8-12(2)22-11)16(21)10-24-17-19-15(9-23-17)13-3-5-14(18)6-4-13/h3-6,9,11-12H,7-8,10H2,1-2H3/t11-,12-/m1/s1. The van der Waals surface area contributed by atoms with E-state index in [2.05, 4.69) is 4.98 Å². The van der Waals surface area contributed by atoms with Crippen LogP contribution in [-0.2, 0) is 9.53 Å². The largest absolute Gasteiger partial charge is 0.372 e. The predicted molar refractivity (Wildman–Crippen MR) is 94.8 cm³/mol. The molecule has 0 N–H and O–H groups in total. The summed E-state index contributed by atoms with van der Waals surface area (Å²) in [5, 5.41) is 1.93. The Hall–Kier alpha value is -1.44. The van der Waals surface area contributed by atoms with E-state index in [1.807, 2.05) is 24.1 Å². The minimum Gasteiger partial charge on any atom is -0.372 e. The van der Waals surface area contributed by atoms with Crippen LogP contribution in [0.25, 0.3) is 11.3 Å². The number of carbonyl (C=O) groups is 1. The van der Waals surface area contributed by atoms with Crippen LogP contribution in [0.4, 0.5) is 4.39 Å². The number of nitrogens with zero attached hydrogens (tertiary/aromatic N) is 2. The number of aromatic nitrogens is 1. The van der Waals surface area contributed by atoms with Crippen LogP contribution in [0.5, 0.6) is 0 Å². The van der Waals surface area contributed by atoms with Crippen LogP contribution in [0.2, 0.25) is 0 Å². The van der Waals surface area contributed by atoms with E-state index in [4.69, 9.17) is 4.74 Å². The Balaban J connectivity index is 1.57. The van der Waals surface area contributed by atoms with Crippen LogP contribution >= 0.6 is 23.1 Å². The number of thiazole rings is 1. The number of ether oxygens (including phenoxy) is 1. The summed E-state index contributed by atoms with van der Waals surface area (Å²) in [7, 11) is 0. The summed E-state index contributed by atoms with van der Waals surface area (Å²) >= 11 is 2.95. The zero-order valence-electron chi connectivity index (χ0n) is 13.6. The molecular formula is C17H19FN2O2S2. The zero-order valence-corrected chi connectivity index (χ0v) is 15.2. The van der Waals surface area contributed by atoms with Crippen LogP contribution in [0.1, 0.15) is 13.8 Å². The molecule has 1 aromatic heterocycles. The Labute approximate surface area is 149 Å². The molecule has 4 nitrogen and oxygen atoms in total. The number of benzene rings is 1. The molecule has 1 aliphatic rings. The van der Waals surface area contributed by atoms with Crippen molar-refractivity contribution in [2.24, 2.45) is 0 Å². The van der Waals surface area contributed by atoms with E-state index in [0.717, 1.165) is 15.6 Å². The zero-order chi connectivity index (χ0) is 17.1. The van der Waals surface area contributed by atoms with Crippen molar-refractivity contribution in [3.05, 3.63) is 35.5 Å². The van der Waals surface area contributed by atoms with Crippen molar-refractivity contribution in [1.29, 1.82) is 0 Å². The normalized spacial score (nSPS) is 21.0. The lowest BCUT2D eigenvalue weighted by Gasteiger charge is -2.35. The highest BCUT2D eigenvalue weighted by molar-refractivity contribution is 8.01. The lowest BCUT2D eigenvalue weighted by atomic mass is 10.2. The van der Waals surface area contributed by atoms with Crippen molar-refractivity contribution in [1.82, 2.24) is 9.88 Å². The van der Waals surface area contributed by atoms with E-state index in [-0.39, 0.29) is 23.9 Å². The molecule has 2 aromatic rings. The Morgan fingerprint density at radius 1 is 1.33 bits per heavy atom. The molecule has 1 fully saturated rings. The maximum Gasteiger partial charge on any atom is 0.233 e. The van der Waals surface area contributed by atoms with Crippen LogP contribution < -0.4 is 0 Å². The topological polar surface area (TPSA) is 42.4 Å². The summed E-state index contributed by atoms with van der Waals surface area (Å²) in [5.74, 6) is 0.221. The van der Waals surface area contributed by atoms with Gasteiger partial charge in [-0.1, -0.05) is 11.8 Å². The van der Waals surface area contributed by atoms with Crippen molar-refractivity contribution in [2.45, 2.75) is 30.4 Å². The first kappa shape index (κ1) is 17.4. The highest BCUT2D eigenvalue weighted by Gasteiger charge is 2.25. The van der Waals surface area contributed by atoms with E-state index >= 15 is 0 Å². The van der Waals surface area contributed by atoms with Gasteiger partial charge in [0.2, 0.25) is 5.91 Å². The highest BCUT2D eigenvalue weighted by atomic mass is 32.2. The van der Waals surface area contributed by atoms with Gasteiger partial charge in [0.05, 0.1) is 23.7 Å². The van der Waals surface area contributed by atoms with Gasteiger partial charge in [-0.05, 0) is 38.1 Å². The number of morpholine rings is 1. The van der Waals surface area contributed by atoms with E-state index in [9.17, 15) is 9.18 Å². The third-order valence-electron chi connectivity index (χ3n) is 3.71. The van der Waals surface area contributed by atoms with Gasteiger partial charge in [0.25, 0.3) is 0 Å². The van der Waals surface area contributed by atoms with Crippen LogP contribution in [-0.4, -0.2) is 46.8 Å². The number of rotatable bonds is 4. The molecular weight excluding hydrogens is 347 g/mol. The predicted octanol–water partition coefficient (Wildman–Crippen LogP) is 3.68. The SMILES string of the molecule is C[C@@H]1CN(C(=O)CSc2nc(-c3ccc(F)cc3)cs2)C[C@@H](C)O1. The van der Waals surface area contributed by atoms with E-state index in [1.165, 1.54) is 35.2 Å². The average molecular weight is 366 g/mol. The number of halogens is 1. The smallest absolute Gasteiger partial charge is 0.233 e. The van der Waals surface area contributed by atoms with Crippen molar-refractivity contribution in [3.63, 3.8) is 0 Å². The lowest BCUT2D eigenvalue weighted by molar-refractivity contribution is -0.140. The summed E-state index contributed by atoms with van der Waals surface area (Å²) < 4.78 is 19.5. The molecule has 0 aliphatic carbocycles. The van der Waals surface area contributed by atoms with Gasteiger partial charge in [-0.3, -0.25) is 4.79 Å². The van der Waals surface area contributed by atoms with Crippen LogP contribution in [0.3, 0.4) is 0 Å². The molecule has 0 spiro atoms. The maximum atomic E-state index is 13.0. The summed E-state index contributed by atoms with van der Waals surface area (Å²) in [6.07, 6.45) is 0.153. The van der Waals surface area contributed by atoms with Gasteiger partial charge in [0.15, 0.2) is 4.34 Å². The van der Waals surface area contributed by atoms with Gasteiger partial charge < -0.3 is 9.64 Å². The number of amides is 1. The number of carbonyl (C=O) groups excluding carboxylic acids is 1. The molecule has 2 atom stereocenters. The Bertz CT molecular complexity index is 695. The molecule has 0 bridgehead atoms. The van der Waals surface area contributed by atoms with E-state index in [1.54, 1.807) is 12.1 Å². The third-order valence-corrected chi connectivity index (χ3v) is 5.72. The molecule has 0 radical (unpaired) electrons. The number of hydrogen-bond donors (Lipinski definition) is 0. The molecule has 0 unspecified atom stereocenters. The van der Waals surface area contributed by atoms with Crippen molar-refractivity contribution >= 4 is 29.0 Å². The van der Waals surface area contributed by atoms with Crippen molar-refractivity contribution in [2.75, 3.05) is 18.8 Å². The summed E-state index contributed by atoms with van der Waals surface area (Å²) in [5.41, 5.74) is 1.69. The minimum absolute atomic E-state index is 0.0765. The number of hydrogen-bond acceptors (Lipinski definition) is 5. The molecule has 1 aromatic carbocycles. The molecule has 24 heavy (non-hydrogen) atoms. The second-order valence-electron chi connectivity index (χ2n) is 5.85. The van der Waals surface area contributed by atoms with E-state index in [0.29, 0.717) is 18.8 Å². The van der Waals surface area contributed by atoms with Gasteiger partial charge in [-0.2, -0.15) is 0 Å². The first-order chi connectivity index (χ1) is 11.5. The quantitative estimate of drug-likeness (QED) is 0.774. The van der Waals surface area contributed by atoms with Gasteiger partial charge in [-0.15, -0.1) is 11.3 Å². The fourth-order valence-electron chi connectivity index (χ4n) is 2.67. The third kappa shape index (κ3) is 4.34. The van der Waals surface area contributed by atoms with E-state index < -0.39 is 0 Å². The summed E-state index contributed by atoms with van der Waals surface area (Å²) in [6, 6.07) is 6.26. The summed E-state index contributed by atoms with van der Waals surface area (Å²) in [6.45, 7) is 5.25. The molecule has 2 heterocycles. The Morgan fingerprint density at radius 3 is 2.67 bits per heavy atom. The summed E-state index contributed by atoms with van der Waals surface area (Å²) in [4.78, 5) is 18.7. The van der Waals surface area contributed by atoms with Gasteiger partial charge >= 0.3 is 0 Å². The monoisotopic (exact) mass is 366 g/mol. The number of thioether (sulfide) groups is 1. The molecule has 0 saturated carbocycles. The molecule has 128 valence electrons. The molecule has 3 rings (SSSR count). The van der Waals surface area contributed by atoms with Crippen LogP contribution in [0, 0.1) is 5.82 Å².